The van der Waals surface area contributed by atoms with E-state index in [1.165, 1.54) is 29.5 Å². The molecule has 16 heavy (non-hydrogen) atoms. The molecule has 0 aromatic heterocycles. The topological polar surface area (TPSA) is 0 Å². The zero-order valence-corrected chi connectivity index (χ0v) is 11.9. The fourth-order valence-electron chi connectivity index (χ4n) is 1.65. The molecule has 0 heterocycles. The third-order valence-electron chi connectivity index (χ3n) is 2.44. The summed E-state index contributed by atoms with van der Waals surface area (Å²) in [6.45, 7) is 13.2. The van der Waals surface area contributed by atoms with Crippen molar-refractivity contribution in [3.8, 4) is 0 Å². The van der Waals surface area contributed by atoms with Crippen LogP contribution in [0.1, 0.15) is 57.7 Å². The molecule has 1 rings (SSSR count). The standard InChI is InChI=1S/C13H20.C3H8/c1-5-12-6-7-13(8-10(2)3)11(4)9-12;1-3-2/h6-7,9-10H,5,8H2,1-4H3;3H2,1-2H3. The normalized spacial score (nSPS) is 9.94. The predicted octanol–water partition coefficient (Wildman–Crippen LogP) is 5.17. The Morgan fingerprint density at radius 1 is 1.06 bits per heavy atom. The molecule has 0 amide bonds. The molecule has 0 saturated heterocycles. The predicted molar refractivity (Wildman–Crippen MR) is 75.1 cm³/mol. The molecule has 0 bridgehead atoms. The van der Waals surface area contributed by atoms with Gasteiger partial charge in [-0.15, -0.1) is 0 Å². The summed E-state index contributed by atoms with van der Waals surface area (Å²) in [7, 11) is 0. The first kappa shape index (κ1) is 15.2. The molecule has 0 N–H and O–H groups in total. The van der Waals surface area contributed by atoms with E-state index in [9.17, 15) is 0 Å². The van der Waals surface area contributed by atoms with E-state index in [0.717, 1.165) is 12.3 Å². The molecular weight excluding hydrogens is 192 g/mol. The molecule has 92 valence electrons. The first-order chi connectivity index (χ1) is 7.54. The maximum Gasteiger partial charge on any atom is -0.0253 e. The highest BCUT2D eigenvalue weighted by molar-refractivity contribution is 5.31. The molecule has 0 unspecified atom stereocenters. The van der Waals surface area contributed by atoms with Crippen LogP contribution in [0.25, 0.3) is 0 Å². The van der Waals surface area contributed by atoms with Crippen LogP contribution >= 0.6 is 0 Å². The summed E-state index contributed by atoms with van der Waals surface area (Å²) in [5, 5.41) is 0. The zero-order valence-electron chi connectivity index (χ0n) is 11.9. The minimum absolute atomic E-state index is 0.756. The van der Waals surface area contributed by atoms with Crippen molar-refractivity contribution in [2.45, 2.75) is 60.8 Å². The summed E-state index contributed by atoms with van der Waals surface area (Å²) in [4.78, 5) is 0. The fraction of sp³-hybridized carbons (Fsp3) is 0.625. The van der Waals surface area contributed by atoms with E-state index in [0.29, 0.717) is 0 Å². The molecule has 0 fully saturated rings. The second-order valence-electron chi connectivity index (χ2n) is 4.92. The quantitative estimate of drug-likeness (QED) is 0.659. The zero-order chi connectivity index (χ0) is 12.6. The van der Waals surface area contributed by atoms with Crippen molar-refractivity contribution >= 4 is 0 Å². The largest absolute Gasteiger partial charge is 0.0656 e. The van der Waals surface area contributed by atoms with Gasteiger partial charge in [0.15, 0.2) is 0 Å². The molecule has 0 aliphatic rings. The van der Waals surface area contributed by atoms with E-state index in [1.54, 1.807) is 0 Å². The highest BCUT2D eigenvalue weighted by atomic mass is 14.1. The Morgan fingerprint density at radius 2 is 1.62 bits per heavy atom. The summed E-state index contributed by atoms with van der Waals surface area (Å²) in [6.07, 6.45) is 3.60. The van der Waals surface area contributed by atoms with Crippen LogP contribution in [0.2, 0.25) is 0 Å². The van der Waals surface area contributed by atoms with Crippen molar-refractivity contribution in [2.24, 2.45) is 5.92 Å². The molecule has 1 aromatic carbocycles. The Bertz CT molecular complexity index is 284. The van der Waals surface area contributed by atoms with Gasteiger partial charge in [0.05, 0.1) is 0 Å². The Balaban J connectivity index is 0.000000673. The van der Waals surface area contributed by atoms with Crippen molar-refractivity contribution in [1.82, 2.24) is 0 Å². The Labute approximate surface area is 102 Å². The average molecular weight is 220 g/mol. The lowest BCUT2D eigenvalue weighted by molar-refractivity contribution is 0.644. The Kier molecular flexibility index (Phi) is 7.97. The Morgan fingerprint density at radius 3 is 2.00 bits per heavy atom. The molecule has 0 heteroatoms. The molecule has 0 nitrogen and oxygen atoms in total. The van der Waals surface area contributed by atoms with Gasteiger partial charge in [-0.3, -0.25) is 0 Å². The molecule has 1 aromatic rings. The van der Waals surface area contributed by atoms with Crippen LogP contribution in [0.4, 0.5) is 0 Å². The number of rotatable bonds is 3. The van der Waals surface area contributed by atoms with Gasteiger partial charge < -0.3 is 0 Å². The van der Waals surface area contributed by atoms with Gasteiger partial charge in [-0.2, -0.15) is 0 Å². The number of aryl methyl sites for hydroxylation is 2. The smallest absolute Gasteiger partial charge is 0.0253 e. The lowest BCUT2D eigenvalue weighted by Crippen LogP contribution is -1.97. The highest BCUT2D eigenvalue weighted by Gasteiger charge is 2.01. The van der Waals surface area contributed by atoms with Crippen molar-refractivity contribution in [3.63, 3.8) is 0 Å². The van der Waals surface area contributed by atoms with Gasteiger partial charge in [0.1, 0.15) is 0 Å². The van der Waals surface area contributed by atoms with Gasteiger partial charge in [0.25, 0.3) is 0 Å². The monoisotopic (exact) mass is 220 g/mol. The average Bonchev–Trinajstić information content (AvgIpc) is 2.21. The summed E-state index contributed by atoms with van der Waals surface area (Å²) in [5.41, 5.74) is 4.41. The van der Waals surface area contributed by atoms with Gasteiger partial charge in [-0.1, -0.05) is 59.2 Å². The second-order valence-corrected chi connectivity index (χ2v) is 4.92. The van der Waals surface area contributed by atoms with E-state index in [2.05, 4.69) is 59.7 Å². The Hall–Kier alpha value is -0.780. The maximum atomic E-state index is 2.32. The third-order valence-corrected chi connectivity index (χ3v) is 2.44. The van der Waals surface area contributed by atoms with Crippen molar-refractivity contribution in [2.75, 3.05) is 0 Å². The maximum absolute atomic E-state index is 2.32. The highest BCUT2D eigenvalue weighted by Crippen LogP contribution is 2.15. The molecular formula is C16H28. The van der Waals surface area contributed by atoms with E-state index in [-0.39, 0.29) is 0 Å². The number of hydrogen-bond donors (Lipinski definition) is 0. The summed E-state index contributed by atoms with van der Waals surface area (Å²) in [5.74, 6) is 0.756. The fourth-order valence-corrected chi connectivity index (χ4v) is 1.65. The lowest BCUT2D eigenvalue weighted by Gasteiger charge is -2.09. The summed E-state index contributed by atoms with van der Waals surface area (Å²) < 4.78 is 0. The SMILES string of the molecule is CCC.CCc1ccc(CC(C)C)c(C)c1. The van der Waals surface area contributed by atoms with Gasteiger partial charge >= 0.3 is 0 Å². The molecule has 0 aliphatic carbocycles. The van der Waals surface area contributed by atoms with Crippen LogP contribution in [0.3, 0.4) is 0 Å². The minimum Gasteiger partial charge on any atom is -0.0656 e. The van der Waals surface area contributed by atoms with Crippen molar-refractivity contribution in [1.29, 1.82) is 0 Å². The molecule has 0 atom stereocenters. The first-order valence-electron chi connectivity index (χ1n) is 6.63. The van der Waals surface area contributed by atoms with Crippen LogP contribution in [-0.2, 0) is 12.8 Å². The van der Waals surface area contributed by atoms with Gasteiger partial charge in [0.2, 0.25) is 0 Å². The van der Waals surface area contributed by atoms with Gasteiger partial charge in [-0.25, -0.2) is 0 Å². The first-order valence-corrected chi connectivity index (χ1v) is 6.63. The second kappa shape index (κ2) is 8.38. The molecule has 0 spiro atoms. The van der Waals surface area contributed by atoms with Crippen LogP contribution < -0.4 is 0 Å². The van der Waals surface area contributed by atoms with Crippen LogP contribution in [-0.4, -0.2) is 0 Å². The molecule has 0 aliphatic heterocycles. The third kappa shape index (κ3) is 5.95. The summed E-state index contributed by atoms with van der Waals surface area (Å²) >= 11 is 0. The van der Waals surface area contributed by atoms with E-state index < -0.39 is 0 Å². The van der Waals surface area contributed by atoms with Crippen molar-refractivity contribution < 1.29 is 0 Å². The van der Waals surface area contributed by atoms with E-state index in [4.69, 9.17) is 0 Å². The van der Waals surface area contributed by atoms with Crippen LogP contribution in [0, 0.1) is 12.8 Å². The number of benzene rings is 1. The molecule has 0 saturated carbocycles. The van der Waals surface area contributed by atoms with Crippen LogP contribution in [0.5, 0.6) is 0 Å². The van der Waals surface area contributed by atoms with E-state index >= 15 is 0 Å². The van der Waals surface area contributed by atoms with Gasteiger partial charge in [0, 0.05) is 0 Å². The van der Waals surface area contributed by atoms with Crippen molar-refractivity contribution in [3.05, 3.63) is 34.9 Å². The summed E-state index contributed by atoms with van der Waals surface area (Å²) in [6, 6.07) is 6.86. The van der Waals surface area contributed by atoms with Gasteiger partial charge in [-0.05, 0) is 42.4 Å². The molecule has 0 radical (unpaired) electrons. The number of hydrogen-bond acceptors (Lipinski definition) is 0. The minimum atomic E-state index is 0.756. The van der Waals surface area contributed by atoms with E-state index in [1.807, 2.05) is 0 Å². The van der Waals surface area contributed by atoms with Crippen LogP contribution in [0.15, 0.2) is 18.2 Å². The lowest BCUT2D eigenvalue weighted by atomic mass is 9.96.